The highest BCUT2D eigenvalue weighted by atomic mass is 32.1. The summed E-state index contributed by atoms with van der Waals surface area (Å²) in [6.07, 6.45) is 1.60. The van der Waals surface area contributed by atoms with E-state index in [0.717, 1.165) is 33.5 Å². The van der Waals surface area contributed by atoms with Crippen LogP contribution >= 0.6 is 11.3 Å². The molecule has 0 saturated heterocycles. The van der Waals surface area contributed by atoms with E-state index in [1.807, 2.05) is 54.1 Å². The molecule has 25 heavy (non-hydrogen) atoms. The van der Waals surface area contributed by atoms with Gasteiger partial charge in [0.1, 0.15) is 5.76 Å². The molecule has 3 heterocycles. The lowest BCUT2D eigenvalue weighted by molar-refractivity contribution is 0.0949. The van der Waals surface area contributed by atoms with Crippen LogP contribution in [0.25, 0.3) is 22.2 Å². The van der Waals surface area contributed by atoms with Crippen LogP contribution in [0.5, 0.6) is 0 Å². The molecule has 5 heteroatoms. The molecule has 0 atom stereocenters. The van der Waals surface area contributed by atoms with Crippen molar-refractivity contribution < 1.29 is 9.21 Å². The van der Waals surface area contributed by atoms with Gasteiger partial charge in [-0.25, -0.2) is 4.98 Å². The van der Waals surface area contributed by atoms with Crippen molar-refractivity contribution in [3.63, 3.8) is 0 Å². The van der Waals surface area contributed by atoms with E-state index in [-0.39, 0.29) is 5.91 Å². The minimum Gasteiger partial charge on any atom is -0.467 e. The number of hydrogen-bond acceptors (Lipinski definition) is 4. The number of nitrogens with zero attached hydrogens (tertiary/aromatic N) is 1. The summed E-state index contributed by atoms with van der Waals surface area (Å²) in [7, 11) is 0. The first-order chi connectivity index (χ1) is 12.2. The van der Waals surface area contributed by atoms with E-state index in [2.05, 4.69) is 5.32 Å². The van der Waals surface area contributed by atoms with E-state index >= 15 is 0 Å². The van der Waals surface area contributed by atoms with Crippen LogP contribution in [-0.4, -0.2) is 10.9 Å². The maximum atomic E-state index is 12.8. The number of carbonyl (C=O) groups is 1. The number of benzene rings is 1. The molecule has 4 nitrogen and oxygen atoms in total. The third kappa shape index (κ3) is 3.19. The molecule has 3 aromatic heterocycles. The second-order valence-electron chi connectivity index (χ2n) is 5.85. The number of aromatic nitrogens is 1. The molecule has 0 aliphatic carbocycles. The molecule has 0 bridgehead atoms. The zero-order valence-electron chi connectivity index (χ0n) is 13.7. The fourth-order valence-corrected chi connectivity index (χ4v) is 3.41. The van der Waals surface area contributed by atoms with Crippen LogP contribution in [0.15, 0.2) is 63.9 Å². The molecule has 124 valence electrons. The van der Waals surface area contributed by atoms with E-state index in [1.54, 1.807) is 23.7 Å². The average molecular weight is 348 g/mol. The first-order valence-electron chi connectivity index (χ1n) is 7.95. The summed E-state index contributed by atoms with van der Waals surface area (Å²) in [5, 5.41) is 7.83. The van der Waals surface area contributed by atoms with Crippen molar-refractivity contribution in [1.82, 2.24) is 10.3 Å². The van der Waals surface area contributed by atoms with Gasteiger partial charge in [0.15, 0.2) is 0 Å². The molecular weight excluding hydrogens is 332 g/mol. The average Bonchev–Trinajstić information content (AvgIpc) is 3.32. The van der Waals surface area contributed by atoms with Gasteiger partial charge in [0, 0.05) is 16.3 Å². The zero-order valence-corrected chi connectivity index (χ0v) is 14.5. The van der Waals surface area contributed by atoms with Crippen molar-refractivity contribution in [2.45, 2.75) is 13.5 Å². The Morgan fingerprint density at radius 1 is 1.24 bits per heavy atom. The van der Waals surface area contributed by atoms with Crippen LogP contribution in [0.4, 0.5) is 0 Å². The number of pyridine rings is 1. The van der Waals surface area contributed by atoms with Gasteiger partial charge in [-0.3, -0.25) is 4.79 Å². The van der Waals surface area contributed by atoms with Crippen LogP contribution in [-0.2, 0) is 6.54 Å². The zero-order chi connectivity index (χ0) is 17.2. The largest absolute Gasteiger partial charge is 0.467 e. The summed E-state index contributed by atoms with van der Waals surface area (Å²) in [6, 6.07) is 13.5. The van der Waals surface area contributed by atoms with Crippen molar-refractivity contribution in [1.29, 1.82) is 0 Å². The maximum Gasteiger partial charge on any atom is 0.252 e. The van der Waals surface area contributed by atoms with E-state index in [4.69, 9.17) is 9.40 Å². The number of rotatable bonds is 4. The summed E-state index contributed by atoms with van der Waals surface area (Å²) >= 11 is 1.61. The van der Waals surface area contributed by atoms with Crippen molar-refractivity contribution in [2.75, 3.05) is 0 Å². The molecular formula is C20H16N2O2S. The van der Waals surface area contributed by atoms with Gasteiger partial charge < -0.3 is 9.73 Å². The first-order valence-corrected chi connectivity index (χ1v) is 8.89. The van der Waals surface area contributed by atoms with Crippen LogP contribution < -0.4 is 5.32 Å². The SMILES string of the molecule is Cc1ccc2nc(-c3ccsc3)cc(C(=O)NCc3ccco3)c2c1. The second-order valence-corrected chi connectivity index (χ2v) is 6.63. The normalized spacial score (nSPS) is 10.9. The van der Waals surface area contributed by atoms with E-state index < -0.39 is 0 Å². The minimum absolute atomic E-state index is 0.133. The van der Waals surface area contributed by atoms with Crippen LogP contribution in [0.3, 0.4) is 0 Å². The molecule has 4 aromatic rings. The Bertz CT molecular complexity index is 1020. The van der Waals surface area contributed by atoms with Crippen molar-refractivity contribution in [3.05, 3.63) is 76.4 Å². The summed E-state index contributed by atoms with van der Waals surface area (Å²) in [5.41, 5.74) is 4.37. The minimum atomic E-state index is -0.133. The molecule has 1 amide bonds. The third-order valence-electron chi connectivity index (χ3n) is 4.03. The van der Waals surface area contributed by atoms with Crippen molar-refractivity contribution in [3.8, 4) is 11.3 Å². The van der Waals surface area contributed by atoms with Gasteiger partial charge in [-0.2, -0.15) is 11.3 Å². The fourth-order valence-electron chi connectivity index (χ4n) is 2.76. The number of aryl methyl sites for hydroxylation is 1. The van der Waals surface area contributed by atoms with Crippen molar-refractivity contribution >= 4 is 28.1 Å². The van der Waals surface area contributed by atoms with Gasteiger partial charge in [0.25, 0.3) is 5.91 Å². The number of nitrogens with one attached hydrogen (secondary N) is 1. The molecule has 0 radical (unpaired) electrons. The lowest BCUT2D eigenvalue weighted by Crippen LogP contribution is -2.23. The van der Waals surface area contributed by atoms with Gasteiger partial charge in [0.05, 0.1) is 29.6 Å². The Kier molecular flexibility index (Phi) is 4.07. The predicted molar refractivity (Wildman–Crippen MR) is 99.7 cm³/mol. The van der Waals surface area contributed by atoms with E-state index in [0.29, 0.717) is 12.1 Å². The first kappa shape index (κ1) is 15.6. The predicted octanol–water partition coefficient (Wildman–Crippen LogP) is 4.79. The Hall–Kier alpha value is -2.92. The number of fused-ring (bicyclic) bond motifs is 1. The number of carbonyl (C=O) groups excluding carboxylic acids is 1. The van der Waals surface area contributed by atoms with E-state index in [9.17, 15) is 4.79 Å². The Morgan fingerprint density at radius 3 is 2.92 bits per heavy atom. The standard InChI is InChI=1S/C20H16N2O2S/c1-13-4-5-18-16(9-13)17(10-19(22-18)14-6-8-25-12-14)20(23)21-11-15-3-2-7-24-15/h2-10,12H,11H2,1H3,(H,21,23). The lowest BCUT2D eigenvalue weighted by Gasteiger charge is -2.10. The van der Waals surface area contributed by atoms with Gasteiger partial charge in [0.2, 0.25) is 0 Å². The van der Waals surface area contributed by atoms with Gasteiger partial charge in [-0.1, -0.05) is 11.6 Å². The molecule has 0 aliphatic heterocycles. The Morgan fingerprint density at radius 2 is 2.16 bits per heavy atom. The van der Waals surface area contributed by atoms with Crippen LogP contribution in [0, 0.1) is 6.92 Å². The molecule has 0 aliphatic rings. The number of hydrogen-bond donors (Lipinski definition) is 1. The molecule has 0 fully saturated rings. The molecule has 4 rings (SSSR count). The monoisotopic (exact) mass is 348 g/mol. The quantitative estimate of drug-likeness (QED) is 0.577. The Labute approximate surface area is 149 Å². The number of furan rings is 1. The van der Waals surface area contributed by atoms with Gasteiger partial charge >= 0.3 is 0 Å². The number of amides is 1. The molecule has 1 N–H and O–H groups in total. The van der Waals surface area contributed by atoms with Crippen LogP contribution in [0.1, 0.15) is 21.7 Å². The lowest BCUT2D eigenvalue weighted by atomic mass is 10.0. The molecule has 0 spiro atoms. The highest BCUT2D eigenvalue weighted by Crippen LogP contribution is 2.27. The fraction of sp³-hybridized carbons (Fsp3) is 0.100. The van der Waals surface area contributed by atoms with Gasteiger partial charge in [-0.15, -0.1) is 0 Å². The molecule has 0 saturated carbocycles. The highest BCUT2D eigenvalue weighted by Gasteiger charge is 2.14. The summed E-state index contributed by atoms with van der Waals surface area (Å²) < 4.78 is 5.28. The van der Waals surface area contributed by atoms with E-state index in [1.165, 1.54) is 0 Å². The van der Waals surface area contributed by atoms with Gasteiger partial charge in [-0.05, 0) is 48.7 Å². The van der Waals surface area contributed by atoms with Crippen LogP contribution in [0.2, 0.25) is 0 Å². The highest BCUT2D eigenvalue weighted by molar-refractivity contribution is 7.08. The second kappa shape index (κ2) is 6.53. The Balaban J connectivity index is 1.76. The molecule has 1 aromatic carbocycles. The summed E-state index contributed by atoms with van der Waals surface area (Å²) in [5.74, 6) is 0.590. The smallest absolute Gasteiger partial charge is 0.252 e. The number of thiophene rings is 1. The summed E-state index contributed by atoms with van der Waals surface area (Å²) in [6.45, 7) is 2.37. The maximum absolute atomic E-state index is 12.8. The van der Waals surface area contributed by atoms with Crippen molar-refractivity contribution in [2.24, 2.45) is 0 Å². The summed E-state index contributed by atoms with van der Waals surface area (Å²) in [4.78, 5) is 17.5. The topological polar surface area (TPSA) is 55.1 Å². The third-order valence-corrected chi connectivity index (χ3v) is 4.71. The molecule has 0 unspecified atom stereocenters.